The Balaban J connectivity index is 2.73. The minimum atomic E-state index is 0.252. The Kier molecular flexibility index (Phi) is 4.52. The van der Waals surface area contributed by atoms with E-state index in [1.165, 1.54) is 9.13 Å². The molecule has 0 fully saturated rings. The summed E-state index contributed by atoms with van der Waals surface area (Å²) in [6, 6.07) is 6.01. The van der Waals surface area contributed by atoms with Crippen LogP contribution in [-0.4, -0.2) is 18.8 Å². The number of rotatable bonds is 4. The lowest BCUT2D eigenvalue weighted by Crippen LogP contribution is -1.93. The molecule has 0 unspecified atom stereocenters. The quantitative estimate of drug-likeness (QED) is 0.862. The molecule has 0 heterocycles. The van der Waals surface area contributed by atoms with Crippen molar-refractivity contribution >= 4 is 22.6 Å². The van der Waals surface area contributed by atoms with E-state index < -0.39 is 0 Å². The highest BCUT2D eigenvalue weighted by atomic mass is 127. The highest BCUT2D eigenvalue weighted by Crippen LogP contribution is 2.20. The van der Waals surface area contributed by atoms with Gasteiger partial charge in [-0.15, -0.1) is 0 Å². The third kappa shape index (κ3) is 3.15. The van der Waals surface area contributed by atoms with Crippen LogP contribution >= 0.6 is 22.6 Å². The number of halogens is 1. The van der Waals surface area contributed by atoms with E-state index in [9.17, 15) is 0 Å². The van der Waals surface area contributed by atoms with Crippen molar-refractivity contribution in [2.24, 2.45) is 0 Å². The first-order valence-electron chi connectivity index (χ1n) is 4.21. The van der Waals surface area contributed by atoms with Crippen LogP contribution in [0.25, 0.3) is 0 Å². The fourth-order valence-electron chi connectivity index (χ4n) is 1.13. The zero-order valence-corrected chi connectivity index (χ0v) is 9.74. The summed E-state index contributed by atoms with van der Waals surface area (Å²) < 4.78 is 6.30. The molecule has 1 N–H and O–H groups in total. The molecule has 0 bridgehead atoms. The molecule has 1 aromatic carbocycles. The molecule has 0 spiro atoms. The van der Waals surface area contributed by atoms with Crippen LogP contribution in [-0.2, 0) is 6.42 Å². The predicted octanol–water partition coefficient (Wildman–Crippen LogP) is 2.22. The molecule has 0 saturated carbocycles. The normalized spacial score (nSPS) is 10.1. The maximum absolute atomic E-state index is 8.69. The average molecular weight is 292 g/mol. The molecule has 0 aliphatic heterocycles. The van der Waals surface area contributed by atoms with Gasteiger partial charge in [0.15, 0.2) is 0 Å². The number of ether oxygens (including phenoxy) is 1. The topological polar surface area (TPSA) is 29.5 Å². The highest BCUT2D eigenvalue weighted by Gasteiger charge is 2.00. The standard InChI is InChI=1S/C10H13IO2/c1-13-9-5-4-8(3-2-6-12)10(11)7-9/h4-5,7,12H,2-3,6H2,1H3. The van der Waals surface area contributed by atoms with Crippen LogP contribution in [0.5, 0.6) is 5.75 Å². The molecule has 0 atom stereocenters. The van der Waals surface area contributed by atoms with Gasteiger partial charge in [0.25, 0.3) is 0 Å². The Hall–Kier alpha value is -0.290. The predicted molar refractivity (Wildman–Crippen MR) is 61.1 cm³/mol. The van der Waals surface area contributed by atoms with Gasteiger partial charge in [-0.1, -0.05) is 6.07 Å². The van der Waals surface area contributed by atoms with E-state index in [1.54, 1.807) is 7.11 Å². The van der Waals surface area contributed by atoms with E-state index in [2.05, 4.69) is 28.7 Å². The molecular formula is C10H13IO2. The van der Waals surface area contributed by atoms with E-state index in [0.717, 1.165) is 18.6 Å². The maximum Gasteiger partial charge on any atom is 0.119 e. The van der Waals surface area contributed by atoms with Crippen molar-refractivity contribution < 1.29 is 9.84 Å². The summed E-state index contributed by atoms with van der Waals surface area (Å²) in [6.45, 7) is 0.252. The smallest absolute Gasteiger partial charge is 0.119 e. The molecule has 0 aliphatic rings. The van der Waals surface area contributed by atoms with Crippen molar-refractivity contribution in [3.05, 3.63) is 27.3 Å². The van der Waals surface area contributed by atoms with Gasteiger partial charge in [-0.05, 0) is 53.1 Å². The number of aliphatic hydroxyl groups is 1. The van der Waals surface area contributed by atoms with Crippen LogP contribution < -0.4 is 4.74 Å². The van der Waals surface area contributed by atoms with Gasteiger partial charge in [0, 0.05) is 10.2 Å². The molecule has 3 heteroatoms. The summed E-state index contributed by atoms with van der Waals surface area (Å²) in [4.78, 5) is 0. The number of methoxy groups -OCH3 is 1. The second kappa shape index (κ2) is 5.44. The maximum atomic E-state index is 8.69. The van der Waals surface area contributed by atoms with Crippen LogP contribution in [0.2, 0.25) is 0 Å². The van der Waals surface area contributed by atoms with Crippen molar-refractivity contribution in [3.63, 3.8) is 0 Å². The Morgan fingerprint density at radius 3 is 2.77 bits per heavy atom. The Bertz CT molecular complexity index is 274. The van der Waals surface area contributed by atoms with Crippen molar-refractivity contribution in [2.45, 2.75) is 12.8 Å². The summed E-state index contributed by atoms with van der Waals surface area (Å²) in [5.74, 6) is 0.886. The molecule has 0 aromatic heterocycles. The SMILES string of the molecule is COc1ccc(CCCO)c(I)c1. The van der Waals surface area contributed by atoms with Crippen molar-refractivity contribution in [1.29, 1.82) is 0 Å². The van der Waals surface area contributed by atoms with E-state index in [0.29, 0.717) is 0 Å². The molecule has 0 saturated heterocycles. The number of aryl methyl sites for hydroxylation is 1. The molecule has 1 rings (SSSR count). The molecule has 0 amide bonds. The molecular weight excluding hydrogens is 279 g/mol. The first-order chi connectivity index (χ1) is 6.27. The number of benzene rings is 1. The minimum Gasteiger partial charge on any atom is -0.497 e. The summed E-state index contributed by atoms with van der Waals surface area (Å²) in [7, 11) is 1.67. The highest BCUT2D eigenvalue weighted by molar-refractivity contribution is 14.1. The third-order valence-corrected chi connectivity index (χ3v) is 2.87. The van der Waals surface area contributed by atoms with E-state index in [-0.39, 0.29) is 6.61 Å². The Labute approximate surface area is 92.1 Å². The van der Waals surface area contributed by atoms with Gasteiger partial charge in [0.05, 0.1) is 7.11 Å². The monoisotopic (exact) mass is 292 g/mol. The van der Waals surface area contributed by atoms with Crippen molar-refractivity contribution in [1.82, 2.24) is 0 Å². The van der Waals surface area contributed by atoms with Gasteiger partial charge in [0.2, 0.25) is 0 Å². The zero-order valence-electron chi connectivity index (χ0n) is 7.59. The lowest BCUT2D eigenvalue weighted by Gasteiger charge is -2.05. The molecule has 0 radical (unpaired) electrons. The van der Waals surface area contributed by atoms with E-state index in [1.807, 2.05) is 12.1 Å². The third-order valence-electron chi connectivity index (χ3n) is 1.86. The summed E-state index contributed by atoms with van der Waals surface area (Å²) in [5, 5.41) is 8.69. The van der Waals surface area contributed by atoms with Crippen LogP contribution in [0.1, 0.15) is 12.0 Å². The van der Waals surface area contributed by atoms with Crippen LogP contribution in [0.3, 0.4) is 0 Å². The first kappa shape index (κ1) is 10.8. The van der Waals surface area contributed by atoms with Gasteiger partial charge in [-0.25, -0.2) is 0 Å². The molecule has 1 aromatic rings. The average Bonchev–Trinajstić information content (AvgIpc) is 2.16. The van der Waals surface area contributed by atoms with Gasteiger partial charge in [-0.2, -0.15) is 0 Å². The zero-order chi connectivity index (χ0) is 9.68. The molecule has 13 heavy (non-hydrogen) atoms. The summed E-state index contributed by atoms with van der Waals surface area (Å²) >= 11 is 2.29. The van der Waals surface area contributed by atoms with E-state index >= 15 is 0 Å². The van der Waals surface area contributed by atoms with Crippen LogP contribution in [0, 0.1) is 3.57 Å². The van der Waals surface area contributed by atoms with Gasteiger partial charge >= 0.3 is 0 Å². The van der Waals surface area contributed by atoms with E-state index in [4.69, 9.17) is 9.84 Å². The van der Waals surface area contributed by atoms with Crippen LogP contribution in [0.4, 0.5) is 0 Å². The van der Waals surface area contributed by atoms with Crippen LogP contribution in [0.15, 0.2) is 18.2 Å². The minimum absolute atomic E-state index is 0.252. The fourth-order valence-corrected chi connectivity index (χ4v) is 1.88. The molecule has 0 aliphatic carbocycles. The van der Waals surface area contributed by atoms with Gasteiger partial charge in [-0.3, -0.25) is 0 Å². The number of hydrogen-bond donors (Lipinski definition) is 1. The summed E-state index contributed by atoms with van der Waals surface area (Å²) in [5.41, 5.74) is 1.27. The largest absolute Gasteiger partial charge is 0.497 e. The first-order valence-corrected chi connectivity index (χ1v) is 5.29. The molecule has 72 valence electrons. The fraction of sp³-hybridized carbons (Fsp3) is 0.400. The summed E-state index contributed by atoms with van der Waals surface area (Å²) in [6.07, 6.45) is 1.75. The number of hydrogen-bond acceptors (Lipinski definition) is 2. The van der Waals surface area contributed by atoms with Gasteiger partial charge < -0.3 is 9.84 Å². The van der Waals surface area contributed by atoms with Crippen molar-refractivity contribution in [3.8, 4) is 5.75 Å². The lowest BCUT2D eigenvalue weighted by atomic mass is 10.1. The lowest BCUT2D eigenvalue weighted by molar-refractivity contribution is 0.288. The van der Waals surface area contributed by atoms with Gasteiger partial charge in [0.1, 0.15) is 5.75 Å². The number of aliphatic hydroxyl groups excluding tert-OH is 1. The van der Waals surface area contributed by atoms with Crippen molar-refractivity contribution in [2.75, 3.05) is 13.7 Å². The Morgan fingerprint density at radius 1 is 1.46 bits per heavy atom. The Morgan fingerprint density at radius 2 is 2.23 bits per heavy atom. The second-order valence-corrected chi connectivity index (χ2v) is 3.95. The molecule has 2 nitrogen and oxygen atoms in total. The second-order valence-electron chi connectivity index (χ2n) is 2.78.